The zero-order valence-corrected chi connectivity index (χ0v) is 20.7. The summed E-state index contributed by atoms with van der Waals surface area (Å²) in [5.41, 5.74) is 1.54. The van der Waals surface area contributed by atoms with Crippen molar-refractivity contribution < 1.29 is 4.39 Å². The molecule has 0 aliphatic heterocycles. The molecule has 0 unspecified atom stereocenters. The number of nitrogens with one attached hydrogen (secondary N) is 2. The molecule has 1 saturated carbocycles. The molecule has 0 radical (unpaired) electrons. The van der Waals surface area contributed by atoms with Crippen molar-refractivity contribution in [3.05, 3.63) is 35.2 Å². The minimum Gasteiger partial charge on any atom is -0.350 e. The number of fused-ring (bicyclic) bond motifs is 1. The lowest BCUT2D eigenvalue weighted by atomic mass is 9.85. The number of hydrogen-bond donors (Lipinski definition) is 2. The lowest BCUT2D eigenvalue weighted by Gasteiger charge is -2.32. The van der Waals surface area contributed by atoms with Crippen LogP contribution in [0, 0.1) is 11.7 Å². The van der Waals surface area contributed by atoms with Crippen LogP contribution in [0.3, 0.4) is 0 Å². The monoisotopic (exact) mass is 473 g/mol. The van der Waals surface area contributed by atoms with E-state index in [1.54, 1.807) is 18.3 Å². The quantitative estimate of drug-likeness (QED) is 0.466. The van der Waals surface area contributed by atoms with Gasteiger partial charge in [-0.05, 0) is 78.6 Å². The van der Waals surface area contributed by atoms with Gasteiger partial charge in [0.2, 0.25) is 11.9 Å². The van der Waals surface area contributed by atoms with Crippen molar-refractivity contribution in [2.45, 2.75) is 58.0 Å². The second-order valence-corrected chi connectivity index (χ2v) is 10.7. The van der Waals surface area contributed by atoms with Gasteiger partial charge in [0.05, 0.1) is 16.9 Å². The number of imidazole rings is 1. The van der Waals surface area contributed by atoms with Gasteiger partial charge in [-0.3, -0.25) is 4.57 Å². The average Bonchev–Trinajstić information content (AvgIpc) is 3.07. The maximum Gasteiger partial charge on any atom is 0.225 e. The first-order valence-corrected chi connectivity index (χ1v) is 11.9. The summed E-state index contributed by atoms with van der Waals surface area (Å²) < 4.78 is 16.8. The second kappa shape index (κ2) is 9.43. The molecule has 0 spiro atoms. The molecule has 33 heavy (non-hydrogen) atoms. The van der Waals surface area contributed by atoms with Crippen LogP contribution < -0.4 is 10.6 Å². The third kappa shape index (κ3) is 5.55. The summed E-state index contributed by atoms with van der Waals surface area (Å²) in [6, 6.07) is 5.14. The number of benzene rings is 1. The molecular formula is C24H33ClFN7. The molecule has 1 fully saturated rings. The Bertz CT molecular complexity index is 1110. The van der Waals surface area contributed by atoms with E-state index in [1.165, 1.54) is 6.07 Å². The van der Waals surface area contributed by atoms with Crippen LogP contribution in [0.2, 0.25) is 5.02 Å². The predicted molar refractivity (Wildman–Crippen MR) is 133 cm³/mol. The van der Waals surface area contributed by atoms with Crippen molar-refractivity contribution in [1.29, 1.82) is 0 Å². The summed E-state index contributed by atoms with van der Waals surface area (Å²) in [5, 5.41) is 6.59. The van der Waals surface area contributed by atoms with Gasteiger partial charge in [0.15, 0.2) is 11.5 Å². The zero-order chi connectivity index (χ0) is 23.8. The Morgan fingerprint density at radius 2 is 1.88 bits per heavy atom. The first-order valence-electron chi connectivity index (χ1n) is 11.5. The van der Waals surface area contributed by atoms with E-state index in [4.69, 9.17) is 21.6 Å². The Morgan fingerprint density at radius 1 is 1.15 bits per heavy atom. The molecule has 178 valence electrons. The number of nitrogens with zero attached hydrogens (tertiary/aromatic N) is 5. The van der Waals surface area contributed by atoms with Crippen molar-refractivity contribution >= 4 is 40.3 Å². The van der Waals surface area contributed by atoms with E-state index in [-0.39, 0.29) is 16.6 Å². The van der Waals surface area contributed by atoms with Crippen LogP contribution >= 0.6 is 11.6 Å². The summed E-state index contributed by atoms with van der Waals surface area (Å²) in [6.07, 6.45) is 6.02. The van der Waals surface area contributed by atoms with Gasteiger partial charge < -0.3 is 15.5 Å². The van der Waals surface area contributed by atoms with Crippen molar-refractivity contribution in [2.75, 3.05) is 31.3 Å². The van der Waals surface area contributed by atoms with E-state index in [0.717, 1.165) is 37.9 Å². The van der Waals surface area contributed by atoms with Gasteiger partial charge in [0, 0.05) is 18.1 Å². The van der Waals surface area contributed by atoms with E-state index in [0.29, 0.717) is 29.0 Å². The normalized spacial score (nSPS) is 19.3. The Morgan fingerprint density at radius 3 is 2.55 bits per heavy atom. The number of aromatic nitrogens is 4. The standard InChI is InChI=1S/C24H33ClFN7/c1-24(2,3)31-22-27-13-19-21(30-22)33(16-11-9-15(10-12-16)14-32(4)5)23(29-19)28-18-8-6-7-17(25)20(18)26/h6-8,13,15-16H,9-12,14H2,1-5H3,(H,28,29)(H,27,30,31). The fourth-order valence-corrected chi connectivity index (χ4v) is 4.72. The topological polar surface area (TPSA) is 70.9 Å². The molecule has 0 bridgehead atoms. The SMILES string of the molecule is CN(C)CC1CCC(n2c(Nc3cccc(Cl)c3F)nc3cnc(NC(C)(C)C)nc32)CC1. The third-order valence-electron chi connectivity index (χ3n) is 5.92. The van der Waals surface area contributed by atoms with Crippen LogP contribution in [0.25, 0.3) is 11.2 Å². The molecule has 2 heterocycles. The van der Waals surface area contributed by atoms with Crippen molar-refractivity contribution in [3.8, 4) is 0 Å². The van der Waals surface area contributed by atoms with Gasteiger partial charge in [0.1, 0.15) is 5.52 Å². The highest BCUT2D eigenvalue weighted by molar-refractivity contribution is 6.31. The van der Waals surface area contributed by atoms with Gasteiger partial charge in [0.25, 0.3) is 0 Å². The number of anilines is 3. The third-order valence-corrected chi connectivity index (χ3v) is 6.21. The van der Waals surface area contributed by atoms with Gasteiger partial charge in [-0.25, -0.2) is 14.4 Å². The van der Waals surface area contributed by atoms with Crippen LogP contribution in [-0.4, -0.2) is 50.6 Å². The summed E-state index contributed by atoms with van der Waals surface area (Å²) in [7, 11) is 4.25. The van der Waals surface area contributed by atoms with Crippen molar-refractivity contribution in [2.24, 2.45) is 5.92 Å². The number of rotatable bonds is 6. The van der Waals surface area contributed by atoms with Gasteiger partial charge >= 0.3 is 0 Å². The second-order valence-electron chi connectivity index (χ2n) is 10.2. The first kappa shape index (κ1) is 23.7. The number of halogens is 2. The van der Waals surface area contributed by atoms with E-state index in [1.807, 2.05) is 0 Å². The van der Waals surface area contributed by atoms with Crippen LogP contribution in [0.15, 0.2) is 24.4 Å². The smallest absolute Gasteiger partial charge is 0.225 e. The molecule has 2 aromatic heterocycles. The van der Waals surface area contributed by atoms with Gasteiger partial charge in [-0.2, -0.15) is 4.98 Å². The molecule has 3 aromatic rings. The van der Waals surface area contributed by atoms with Crippen LogP contribution in [0.5, 0.6) is 0 Å². The van der Waals surface area contributed by atoms with Crippen molar-refractivity contribution in [3.63, 3.8) is 0 Å². The maximum atomic E-state index is 14.7. The molecule has 0 saturated heterocycles. The van der Waals surface area contributed by atoms with E-state index >= 15 is 0 Å². The van der Waals surface area contributed by atoms with Crippen LogP contribution in [-0.2, 0) is 0 Å². The minimum absolute atomic E-state index is 0.0725. The maximum absolute atomic E-state index is 14.7. The molecule has 1 aromatic carbocycles. The molecule has 4 rings (SSSR count). The van der Waals surface area contributed by atoms with Crippen LogP contribution in [0.1, 0.15) is 52.5 Å². The Hall–Kier alpha value is -2.45. The molecular weight excluding hydrogens is 441 g/mol. The zero-order valence-electron chi connectivity index (χ0n) is 20.0. The highest BCUT2D eigenvalue weighted by Gasteiger charge is 2.28. The molecule has 2 N–H and O–H groups in total. The van der Waals surface area contributed by atoms with Gasteiger partial charge in [-0.15, -0.1) is 0 Å². The lowest BCUT2D eigenvalue weighted by molar-refractivity contribution is 0.226. The minimum atomic E-state index is -0.492. The van der Waals surface area contributed by atoms with E-state index < -0.39 is 5.82 Å². The Labute approximate surface area is 199 Å². The fraction of sp³-hybridized carbons (Fsp3) is 0.542. The summed E-state index contributed by atoms with van der Waals surface area (Å²) in [5.74, 6) is 1.30. The first-order chi connectivity index (χ1) is 15.6. The predicted octanol–water partition coefficient (Wildman–Crippen LogP) is 5.87. The molecule has 0 atom stereocenters. The largest absolute Gasteiger partial charge is 0.350 e. The molecule has 7 nitrogen and oxygen atoms in total. The number of hydrogen-bond acceptors (Lipinski definition) is 6. The van der Waals surface area contributed by atoms with Crippen molar-refractivity contribution in [1.82, 2.24) is 24.4 Å². The molecule has 1 aliphatic rings. The fourth-order valence-electron chi connectivity index (χ4n) is 4.54. The highest BCUT2D eigenvalue weighted by Crippen LogP contribution is 2.37. The van der Waals surface area contributed by atoms with E-state index in [9.17, 15) is 4.39 Å². The Balaban J connectivity index is 1.72. The Kier molecular flexibility index (Phi) is 6.77. The average molecular weight is 474 g/mol. The van der Waals surface area contributed by atoms with Gasteiger partial charge in [-0.1, -0.05) is 17.7 Å². The summed E-state index contributed by atoms with van der Waals surface area (Å²) in [6.45, 7) is 7.30. The lowest BCUT2D eigenvalue weighted by Crippen LogP contribution is -2.28. The highest BCUT2D eigenvalue weighted by atomic mass is 35.5. The molecule has 9 heteroatoms. The van der Waals surface area contributed by atoms with E-state index in [2.05, 4.69) is 60.0 Å². The molecule has 1 aliphatic carbocycles. The van der Waals surface area contributed by atoms with Crippen LogP contribution in [0.4, 0.5) is 22.0 Å². The summed E-state index contributed by atoms with van der Waals surface area (Å²) >= 11 is 6.01. The molecule has 0 amide bonds. The summed E-state index contributed by atoms with van der Waals surface area (Å²) in [4.78, 5) is 16.3.